The summed E-state index contributed by atoms with van der Waals surface area (Å²) in [4.78, 5) is 6.34. The number of unbranched alkanes of at least 4 members (excludes halogenated alkanes) is 1. The highest BCUT2D eigenvalue weighted by molar-refractivity contribution is 7.17. The molecule has 0 aliphatic rings. The van der Waals surface area contributed by atoms with Gasteiger partial charge in [0.2, 0.25) is 5.69 Å². The van der Waals surface area contributed by atoms with Gasteiger partial charge in [0.1, 0.15) is 17.6 Å². The van der Waals surface area contributed by atoms with E-state index in [0.29, 0.717) is 79.6 Å². The van der Waals surface area contributed by atoms with Crippen LogP contribution in [0, 0.1) is 31.8 Å². The number of anilines is 1. The van der Waals surface area contributed by atoms with Gasteiger partial charge in [0.05, 0.1) is 89.6 Å². The van der Waals surface area contributed by atoms with Crippen LogP contribution in [0.15, 0.2) is 58.8 Å². The molecule has 1 heterocycles. The van der Waals surface area contributed by atoms with Crippen molar-refractivity contribution < 1.29 is 23.4 Å². The summed E-state index contributed by atoms with van der Waals surface area (Å²) < 4.78 is 24.3. The molecule has 2 aromatic carbocycles. The van der Waals surface area contributed by atoms with Gasteiger partial charge in [-0.3, -0.25) is 0 Å². The minimum Gasteiger partial charge on any atom is -0.377 e. The molecule has 0 fully saturated rings. The number of benzene rings is 2. The standard InChI is InChI=1S/C39H55N6O4S/c1-7-10-19-45(8-2,9-3)20-22-47-24-26-49-28-27-48-25-23-46-21-18-44(31-34-14-12-11-13-15-34)35-16-17-36(32(4)29-35)42-43-39-38(41-6)33(5)37(30-40)50-39/h11-17,29H,7-10,18-28,31H2,1-5H3/q+1. The highest BCUT2D eigenvalue weighted by atomic mass is 32.1. The number of rotatable bonds is 25. The highest BCUT2D eigenvalue weighted by Gasteiger charge is 2.22. The maximum atomic E-state index is 9.34. The summed E-state index contributed by atoms with van der Waals surface area (Å²) in [6.45, 7) is 28.7. The number of hydrogen-bond acceptors (Lipinski definition) is 9. The van der Waals surface area contributed by atoms with E-state index in [1.807, 2.05) is 37.3 Å². The highest BCUT2D eigenvalue weighted by Crippen LogP contribution is 2.42. The van der Waals surface area contributed by atoms with Gasteiger partial charge < -0.3 is 28.3 Å². The van der Waals surface area contributed by atoms with E-state index in [0.717, 1.165) is 48.5 Å². The number of ether oxygens (including phenoxy) is 4. The molecule has 0 amide bonds. The van der Waals surface area contributed by atoms with E-state index < -0.39 is 0 Å². The first-order valence-corrected chi connectivity index (χ1v) is 18.6. The third-order valence-corrected chi connectivity index (χ3v) is 10.0. The van der Waals surface area contributed by atoms with E-state index >= 15 is 0 Å². The Labute approximate surface area is 303 Å². The van der Waals surface area contributed by atoms with E-state index in [1.165, 1.54) is 36.3 Å². The Kier molecular flexibility index (Phi) is 18.7. The van der Waals surface area contributed by atoms with Crippen LogP contribution in [0.2, 0.25) is 0 Å². The van der Waals surface area contributed by atoms with Crippen LogP contribution in [0.25, 0.3) is 4.85 Å². The molecule has 0 N–H and O–H groups in total. The molecule has 10 nitrogen and oxygen atoms in total. The quantitative estimate of drug-likeness (QED) is 0.0379. The third kappa shape index (κ3) is 13.2. The second-order valence-corrected chi connectivity index (χ2v) is 13.2. The number of azo groups is 1. The van der Waals surface area contributed by atoms with Gasteiger partial charge in [0.25, 0.3) is 0 Å². The van der Waals surface area contributed by atoms with Crippen molar-refractivity contribution in [1.29, 1.82) is 5.26 Å². The first kappa shape index (κ1) is 40.7. The molecule has 0 aliphatic carbocycles. The molecule has 0 aliphatic heterocycles. The van der Waals surface area contributed by atoms with Crippen LogP contribution >= 0.6 is 11.3 Å². The van der Waals surface area contributed by atoms with E-state index in [1.54, 1.807) is 6.92 Å². The fourth-order valence-corrected chi connectivity index (χ4v) is 6.47. The molecule has 3 aromatic rings. The molecule has 0 unspecified atom stereocenters. The summed E-state index contributed by atoms with van der Waals surface area (Å²) in [7, 11) is 0. The summed E-state index contributed by atoms with van der Waals surface area (Å²) in [6.07, 6.45) is 2.50. The number of nitrogens with zero attached hydrogens (tertiary/aromatic N) is 6. The monoisotopic (exact) mass is 703 g/mol. The topological polar surface area (TPSA) is 93.0 Å². The van der Waals surface area contributed by atoms with E-state index in [2.05, 4.69) is 65.0 Å². The Balaban J connectivity index is 1.39. The van der Waals surface area contributed by atoms with Crippen LogP contribution < -0.4 is 4.90 Å². The van der Waals surface area contributed by atoms with Gasteiger partial charge in [0, 0.05) is 18.8 Å². The van der Waals surface area contributed by atoms with Gasteiger partial charge in [-0.15, -0.1) is 11.3 Å². The minimum absolute atomic E-state index is 0.385. The fourth-order valence-electron chi connectivity index (χ4n) is 5.60. The molecule has 0 radical (unpaired) electrons. The average molecular weight is 704 g/mol. The van der Waals surface area contributed by atoms with Crippen molar-refractivity contribution >= 4 is 33.4 Å². The third-order valence-electron chi connectivity index (χ3n) is 8.98. The number of nitriles is 1. The van der Waals surface area contributed by atoms with Crippen molar-refractivity contribution in [2.24, 2.45) is 10.2 Å². The van der Waals surface area contributed by atoms with Crippen LogP contribution in [0.1, 0.15) is 55.2 Å². The van der Waals surface area contributed by atoms with Crippen molar-refractivity contribution in [1.82, 2.24) is 0 Å². The molecule has 270 valence electrons. The van der Waals surface area contributed by atoms with Crippen molar-refractivity contribution in [3.05, 3.63) is 81.5 Å². The molecule has 0 saturated heterocycles. The molecular weight excluding hydrogens is 649 g/mol. The lowest BCUT2D eigenvalue weighted by atomic mass is 10.1. The van der Waals surface area contributed by atoms with Crippen molar-refractivity contribution in [3.63, 3.8) is 0 Å². The SMILES string of the molecule is [C-]#[N+]c1c(N=Nc2ccc(N(CCOCCOCCOCCOCC[N+](CC)(CC)CCCC)Cc3ccccc3)cc2C)sc(C#N)c1C. The maximum absolute atomic E-state index is 9.34. The van der Waals surface area contributed by atoms with Crippen LogP contribution in [-0.4, -0.2) is 90.1 Å². The predicted molar refractivity (Wildman–Crippen MR) is 202 cm³/mol. The fraction of sp³-hybridized carbons (Fsp3) is 0.538. The molecule has 0 bridgehead atoms. The molecule has 0 atom stereocenters. The summed E-state index contributed by atoms with van der Waals surface area (Å²) in [5.74, 6) is 0. The number of thiophene rings is 1. The van der Waals surface area contributed by atoms with Crippen molar-refractivity contribution in [2.45, 2.75) is 54.0 Å². The van der Waals surface area contributed by atoms with E-state index in [9.17, 15) is 5.26 Å². The number of quaternary nitrogens is 1. The molecule has 1 aromatic heterocycles. The van der Waals surface area contributed by atoms with Crippen molar-refractivity contribution in [2.75, 3.05) is 90.5 Å². The first-order valence-electron chi connectivity index (χ1n) is 17.8. The minimum atomic E-state index is 0.385. The van der Waals surface area contributed by atoms with E-state index in [4.69, 9.17) is 25.5 Å². The molecule has 11 heteroatoms. The lowest BCUT2D eigenvalue weighted by Crippen LogP contribution is -2.50. The van der Waals surface area contributed by atoms with Crippen LogP contribution in [0.3, 0.4) is 0 Å². The summed E-state index contributed by atoms with van der Waals surface area (Å²) in [5, 5.41) is 18.6. The second kappa shape index (κ2) is 22.9. The molecular formula is C39H55N6O4S+. The van der Waals surface area contributed by atoms with Crippen LogP contribution in [-0.2, 0) is 25.5 Å². The number of hydrogen-bond donors (Lipinski definition) is 0. The molecule has 0 saturated carbocycles. The molecule has 3 rings (SSSR count). The molecule has 50 heavy (non-hydrogen) atoms. The Morgan fingerprint density at radius 3 is 2.06 bits per heavy atom. The van der Waals surface area contributed by atoms with Crippen molar-refractivity contribution in [3.8, 4) is 6.07 Å². The largest absolute Gasteiger partial charge is 0.377 e. The Morgan fingerprint density at radius 2 is 1.48 bits per heavy atom. The maximum Gasteiger partial charge on any atom is 0.229 e. The number of likely N-dealkylation sites (N-methyl/N-ethyl adjacent to an activating group) is 1. The van der Waals surface area contributed by atoms with Gasteiger partial charge in [0.15, 0.2) is 0 Å². The summed E-state index contributed by atoms with van der Waals surface area (Å²) >= 11 is 1.19. The zero-order valence-corrected chi connectivity index (χ0v) is 31.5. The Bertz CT molecular complexity index is 1530. The van der Waals surface area contributed by atoms with Gasteiger partial charge in [-0.25, -0.2) is 4.85 Å². The number of aryl methyl sites for hydroxylation is 1. The second-order valence-electron chi connectivity index (χ2n) is 12.2. The zero-order valence-electron chi connectivity index (χ0n) is 30.7. The lowest BCUT2D eigenvalue weighted by Gasteiger charge is -2.36. The van der Waals surface area contributed by atoms with Crippen LogP contribution in [0.5, 0.6) is 0 Å². The zero-order chi connectivity index (χ0) is 36.0. The van der Waals surface area contributed by atoms with E-state index in [-0.39, 0.29) is 0 Å². The summed E-state index contributed by atoms with van der Waals surface area (Å²) in [6, 6.07) is 18.6. The predicted octanol–water partition coefficient (Wildman–Crippen LogP) is 8.93. The van der Waals surface area contributed by atoms with Gasteiger partial charge in [-0.05, 0) is 69.0 Å². The van der Waals surface area contributed by atoms with Crippen LogP contribution in [0.4, 0.5) is 22.1 Å². The Morgan fingerprint density at radius 1 is 0.840 bits per heavy atom. The lowest BCUT2D eigenvalue weighted by molar-refractivity contribution is -0.925. The average Bonchev–Trinajstić information content (AvgIpc) is 3.46. The smallest absolute Gasteiger partial charge is 0.229 e. The normalized spacial score (nSPS) is 11.6. The first-order chi connectivity index (χ1) is 24.4. The molecule has 0 spiro atoms. The van der Waals surface area contributed by atoms with Gasteiger partial charge >= 0.3 is 0 Å². The Hall–Kier alpha value is -3.68. The summed E-state index contributed by atoms with van der Waals surface area (Å²) in [5.41, 5.74) is 4.97. The van der Waals surface area contributed by atoms with Gasteiger partial charge in [-0.1, -0.05) is 43.7 Å². The van der Waals surface area contributed by atoms with Gasteiger partial charge in [-0.2, -0.15) is 15.5 Å².